The molecule has 0 bridgehead atoms. The van der Waals surface area contributed by atoms with E-state index in [1.54, 1.807) is 24.5 Å². The minimum Gasteiger partial charge on any atom is -0.368 e. The molecule has 5 rings (SSSR count). The lowest BCUT2D eigenvalue weighted by Crippen LogP contribution is -2.49. The van der Waals surface area contributed by atoms with Gasteiger partial charge in [0.25, 0.3) is 0 Å². The maximum Gasteiger partial charge on any atom is 0.241 e. The lowest BCUT2D eigenvalue weighted by Gasteiger charge is -2.35. The van der Waals surface area contributed by atoms with Gasteiger partial charge in [-0.05, 0) is 73.3 Å². The van der Waals surface area contributed by atoms with Crippen molar-refractivity contribution in [3.63, 3.8) is 0 Å². The molecule has 1 aromatic heterocycles. The molecule has 1 saturated heterocycles. The number of nitrogens with one attached hydrogen (secondary N) is 3. The van der Waals surface area contributed by atoms with Crippen LogP contribution < -0.4 is 20.3 Å². The summed E-state index contributed by atoms with van der Waals surface area (Å²) in [5.74, 6) is 0. The maximum absolute atomic E-state index is 13.4. The minimum absolute atomic E-state index is 0.267. The smallest absolute Gasteiger partial charge is 0.241 e. The molecule has 3 N–H and O–H groups in total. The number of sulfonamides is 1. The Bertz CT molecular complexity index is 1550. The van der Waals surface area contributed by atoms with E-state index in [0.29, 0.717) is 24.5 Å². The van der Waals surface area contributed by atoms with E-state index >= 15 is 0 Å². The van der Waals surface area contributed by atoms with Gasteiger partial charge >= 0.3 is 0 Å². The Morgan fingerprint density at radius 3 is 2.70 bits per heavy atom. The Balaban J connectivity index is 1.16. The average molecular weight is 578 g/mol. The molecule has 7 nitrogen and oxygen atoms in total. The summed E-state index contributed by atoms with van der Waals surface area (Å²) in [6, 6.07) is 21.9. The van der Waals surface area contributed by atoms with Gasteiger partial charge in [-0.3, -0.25) is 4.98 Å². The number of rotatable bonds is 11. The normalized spacial score (nSPS) is 15.9. The van der Waals surface area contributed by atoms with Crippen molar-refractivity contribution < 1.29 is 8.42 Å². The van der Waals surface area contributed by atoms with Crippen molar-refractivity contribution >= 4 is 38.1 Å². The van der Waals surface area contributed by atoms with Crippen molar-refractivity contribution in [3.05, 3.63) is 89.7 Å². The van der Waals surface area contributed by atoms with E-state index in [-0.39, 0.29) is 4.90 Å². The number of fused-ring (bicyclic) bond motifs is 1. The molecule has 1 atom stereocenters. The van der Waals surface area contributed by atoms with Crippen LogP contribution in [0.1, 0.15) is 18.9 Å². The van der Waals surface area contributed by atoms with Gasteiger partial charge in [0, 0.05) is 72.6 Å². The predicted molar refractivity (Wildman–Crippen MR) is 165 cm³/mol. The Morgan fingerprint density at radius 1 is 1.02 bits per heavy atom. The maximum atomic E-state index is 13.4. The number of hydrogen-bond acceptors (Lipinski definition) is 6. The third-order valence-corrected chi connectivity index (χ3v) is 9.00. The van der Waals surface area contributed by atoms with Gasteiger partial charge in [0.15, 0.2) is 0 Å². The second kappa shape index (κ2) is 13.1. The predicted octanol–water partition coefficient (Wildman–Crippen LogP) is 4.85. The van der Waals surface area contributed by atoms with Crippen LogP contribution in [0.2, 0.25) is 5.02 Å². The summed E-state index contributed by atoms with van der Waals surface area (Å²) in [6.07, 6.45) is 5.20. The highest BCUT2D eigenvalue weighted by molar-refractivity contribution is 7.89. The first-order valence-corrected chi connectivity index (χ1v) is 15.7. The number of anilines is 1. The van der Waals surface area contributed by atoms with Crippen molar-refractivity contribution in [1.82, 2.24) is 20.3 Å². The molecule has 9 heteroatoms. The van der Waals surface area contributed by atoms with Crippen LogP contribution in [0.4, 0.5) is 5.69 Å². The molecule has 0 radical (unpaired) electrons. The van der Waals surface area contributed by atoms with E-state index in [9.17, 15) is 8.42 Å². The molecule has 0 spiro atoms. The zero-order valence-corrected chi connectivity index (χ0v) is 24.3. The number of benzene rings is 3. The van der Waals surface area contributed by atoms with Crippen molar-refractivity contribution in [1.29, 1.82) is 0 Å². The summed E-state index contributed by atoms with van der Waals surface area (Å²) >= 11 is 6.33. The molecule has 210 valence electrons. The number of piperazine rings is 1. The van der Waals surface area contributed by atoms with Crippen LogP contribution in [0.15, 0.2) is 84.0 Å². The fraction of sp³-hybridized carbons (Fsp3) is 0.323. The third kappa shape index (κ3) is 7.00. The first kappa shape index (κ1) is 28.5. The molecule has 1 aliphatic heterocycles. The average Bonchev–Trinajstić information content (AvgIpc) is 2.97. The molecule has 2 heterocycles. The van der Waals surface area contributed by atoms with Gasteiger partial charge in [0.05, 0.1) is 4.90 Å². The van der Waals surface area contributed by atoms with E-state index in [2.05, 4.69) is 44.3 Å². The summed E-state index contributed by atoms with van der Waals surface area (Å²) in [6.45, 7) is 6.74. The van der Waals surface area contributed by atoms with E-state index in [1.807, 2.05) is 42.5 Å². The monoisotopic (exact) mass is 577 g/mol. The minimum atomic E-state index is -3.72. The zero-order valence-electron chi connectivity index (χ0n) is 22.7. The van der Waals surface area contributed by atoms with Crippen molar-refractivity contribution in [2.75, 3.05) is 44.2 Å². The molecule has 3 aromatic carbocycles. The highest BCUT2D eigenvalue weighted by Crippen LogP contribution is 2.30. The first-order chi connectivity index (χ1) is 19.4. The fourth-order valence-electron chi connectivity index (χ4n) is 5.27. The molecule has 0 amide bonds. The summed E-state index contributed by atoms with van der Waals surface area (Å²) in [5, 5.41) is 9.09. The van der Waals surface area contributed by atoms with E-state index in [1.165, 1.54) is 11.3 Å². The number of aromatic nitrogens is 1. The van der Waals surface area contributed by atoms with Crippen molar-refractivity contribution in [2.24, 2.45) is 0 Å². The molecule has 4 aromatic rings. The lowest BCUT2D eigenvalue weighted by molar-refractivity contribution is 0.484. The standard InChI is InChI=1S/C31H36ClN5O2S/c1-23-22-37(17-16-35-23)30-20-28(32)10-9-25(30)8-5-12-33-14-15-36-40(38,39)31-19-26(24-6-3-2-4-7-24)18-27-21-34-13-11-29(27)31/h2-4,6-7,9-11,13,18-21,23,33,35-36H,5,8,12,14-17,22H2,1H3. The molecule has 1 fully saturated rings. The highest BCUT2D eigenvalue weighted by Gasteiger charge is 2.20. The van der Waals surface area contributed by atoms with E-state index < -0.39 is 10.0 Å². The van der Waals surface area contributed by atoms with Gasteiger partial charge in [-0.1, -0.05) is 48.0 Å². The van der Waals surface area contributed by atoms with E-state index in [4.69, 9.17) is 11.6 Å². The molecular formula is C31H36ClN5O2S. The van der Waals surface area contributed by atoms with Gasteiger partial charge in [-0.25, -0.2) is 13.1 Å². The Kier molecular flexibility index (Phi) is 9.34. The second-order valence-corrected chi connectivity index (χ2v) is 12.4. The zero-order chi connectivity index (χ0) is 28.0. The van der Waals surface area contributed by atoms with Crippen molar-refractivity contribution in [3.8, 4) is 11.1 Å². The van der Waals surface area contributed by atoms with Gasteiger partial charge < -0.3 is 15.5 Å². The van der Waals surface area contributed by atoms with Gasteiger partial charge in [0.2, 0.25) is 10.0 Å². The molecule has 0 saturated carbocycles. The Hall–Kier alpha value is -3.01. The van der Waals surface area contributed by atoms with Crippen LogP contribution >= 0.6 is 11.6 Å². The van der Waals surface area contributed by atoms with Crippen LogP contribution in [0.5, 0.6) is 0 Å². The SMILES string of the molecule is CC1CN(c2cc(Cl)ccc2CCCNCCNS(=O)(=O)c2cc(-c3ccccc3)cc3cnccc23)CCN1. The summed E-state index contributed by atoms with van der Waals surface area (Å²) in [4.78, 5) is 6.88. The summed E-state index contributed by atoms with van der Waals surface area (Å²) in [7, 11) is -3.72. The number of halogens is 1. The first-order valence-electron chi connectivity index (χ1n) is 13.8. The third-order valence-electron chi connectivity index (χ3n) is 7.26. The fourth-order valence-corrected chi connectivity index (χ4v) is 6.72. The number of nitrogens with zero attached hydrogens (tertiary/aromatic N) is 2. The second-order valence-electron chi connectivity index (χ2n) is 10.3. The number of hydrogen-bond donors (Lipinski definition) is 3. The molecule has 40 heavy (non-hydrogen) atoms. The van der Waals surface area contributed by atoms with Crippen LogP contribution in [0, 0.1) is 0 Å². The topological polar surface area (TPSA) is 86.4 Å². The van der Waals surface area contributed by atoms with Crippen molar-refractivity contribution in [2.45, 2.75) is 30.7 Å². The molecule has 1 aliphatic rings. The number of pyridine rings is 1. The number of aryl methyl sites for hydroxylation is 1. The largest absolute Gasteiger partial charge is 0.368 e. The molecular weight excluding hydrogens is 542 g/mol. The quantitative estimate of drug-likeness (QED) is 0.221. The molecule has 1 unspecified atom stereocenters. The van der Waals surface area contributed by atoms with Crippen LogP contribution in [-0.2, 0) is 16.4 Å². The Morgan fingerprint density at radius 2 is 1.88 bits per heavy atom. The van der Waals surface area contributed by atoms with Gasteiger partial charge in [-0.2, -0.15) is 0 Å². The Labute approximate surface area is 242 Å². The molecule has 0 aliphatic carbocycles. The highest BCUT2D eigenvalue weighted by atomic mass is 35.5. The van der Waals surface area contributed by atoms with Gasteiger partial charge in [0.1, 0.15) is 0 Å². The van der Waals surface area contributed by atoms with Crippen LogP contribution in [-0.4, -0.2) is 58.7 Å². The van der Waals surface area contributed by atoms with Crippen LogP contribution in [0.25, 0.3) is 21.9 Å². The summed E-state index contributed by atoms with van der Waals surface area (Å²) in [5.41, 5.74) is 4.31. The van der Waals surface area contributed by atoms with Gasteiger partial charge in [-0.15, -0.1) is 0 Å². The lowest BCUT2D eigenvalue weighted by atomic mass is 10.0. The van der Waals surface area contributed by atoms with E-state index in [0.717, 1.165) is 60.6 Å². The summed E-state index contributed by atoms with van der Waals surface area (Å²) < 4.78 is 29.5. The van der Waals surface area contributed by atoms with Crippen LogP contribution in [0.3, 0.4) is 0 Å².